The lowest BCUT2D eigenvalue weighted by atomic mass is 10.0. The van der Waals surface area contributed by atoms with Crippen LogP contribution >= 0.6 is 0 Å². The lowest BCUT2D eigenvalue weighted by Gasteiger charge is -2.38. The summed E-state index contributed by atoms with van der Waals surface area (Å²) in [5, 5.41) is 0. The zero-order valence-corrected chi connectivity index (χ0v) is 12.9. The summed E-state index contributed by atoms with van der Waals surface area (Å²) in [5.74, 6) is 1.13. The fourth-order valence-electron chi connectivity index (χ4n) is 3.09. The lowest BCUT2D eigenvalue weighted by molar-refractivity contribution is 0.202. The van der Waals surface area contributed by atoms with E-state index in [-0.39, 0.29) is 0 Å². The molecular formula is C17H24N4. The molecule has 0 radical (unpaired) electrons. The van der Waals surface area contributed by atoms with E-state index >= 15 is 0 Å². The predicted octanol–water partition coefficient (Wildman–Crippen LogP) is 2.52. The van der Waals surface area contributed by atoms with Gasteiger partial charge in [-0.3, -0.25) is 4.90 Å². The van der Waals surface area contributed by atoms with Crippen molar-refractivity contribution in [2.24, 2.45) is 7.05 Å². The Kier molecular flexibility index (Phi) is 4.25. The molecule has 0 amide bonds. The molecule has 1 fully saturated rings. The number of hydrogen-bond donors (Lipinski definition) is 0. The second kappa shape index (κ2) is 6.31. The molecule has 0 unspecified atom stereocenters. The zero-order chi connectivity index (χ0) is 14.7. The maximum absolute atomic E-state index is 4.44. The Labute approximate surface area is 127 Å². The summed E-state index contributed by atoms with van der Waals surface area (Å²) in [6.45, 7) is 3.18. The molecule has 112 valence electrons. The van der Waals surface area contributed by atoms with Crippen molar-refractivity contribution in [1.29, 1.82) is 0 Å². The molecule has 1 atom stereocenters. The first-order valence-corrected chi connectivity index (χ1v) is 7.70. The Bertz CT molecular complexity index is 563. The van der Waals surface area contributed by atoms with Crippen LogP contribution in [0.4, 0.5) is 5.69 Å². The first-order chi connectivity index (χ1) is 10.2. The standard InChI is InChI=1S/C17H24N4/c1-19-12-10-18-17(19)14-20(2)16-9-6-11-21(13-16)15-7-4-3-5-8-15/h3-5,7-8,10,12,16H,6,9,11,13-14H2,1-2H3/t16-/m1/s1. The summed E-state index contributed by atoms with van der Waals surface area (Å²) >= 11 is 0. The fraction of sp³-hybridized carbons (Fsp3) is 0.471. The van der Waals surface area contributed by atoms with Gasteiger partial charge in [-0.2, -0.15) is 0 Å². The minimum atomic E-state index is 0.593. The van der Waals surface area contributed by atoms with E-state index in [1.54, 1.807) is 0 Å². The van der Waals surface area contributed by atoms with Crippen LogP contribution in [-0.2, 0) is 13.6 Å². The molecule has 21 heavy (non-hydrogen) atoms. The summed E-state index contributed by atoms with van der Waals surface area (Å²) in [4.78, 5) is 9.38. The van der Waals surface area contributed by atoms with Crippen LogP contribution in [0, 0.1) is 0 Å². The van der Waals surface area contributed by atoms with Crippen LogP contribution in [0.25, 0.3) is 0 Å². The van der Waals surface area contributed by atoms with Gasteiger partial charge in [0.15, 0.2) is 0 Å². The summed E-state index contributed by atoms with van der Waals surface area (Å²) in [6, 6.07) is 11.3. The normalized spacial score (nSPS) is 19.2. The highest BCUT2D eigenvalue weighted by molar-refractivity contribution is 5.46. The van der Waals surface area contributed by atoms with E-state index < -0.39 is 0 Å². The van der Waals surface area contributed by atoms with Gasteiger partial charge in [-0.05, 0) is 32.0 Å². The van der Waals surface area contributed by atoms with Gasteiger partial charge in [0, 0.05) is 44.3 Å². The van der Waals surface area contributed by atoms with Crippen molar-refractivity contribution in [2.45, 2.75) is 25.4 Å². The molecule has 1 aliphatic rings. The highest BCUT2D eigenvalue weighted by atomic mass is 15.2. The minimum Gasteiger partial charge on any atom is -0.370 e. The lowest BCUT2D eigenvalue weighted by Crippen LogP contribution is -2.46. The van der Waals surface area contributed by atoms with Crippen molar-refractivity contribution in [3.63, 3.8) is 0 Å². The smallest absolute Gasteiger partial charge is 0.122 e. The Balaban J connectivity index is 1.64. The van der Waals surface area contributed by atoms with Crippen molar-refractivity contribution < 1.29 is 0 Å². The molecule has 3 rings (SSSR count). The van der Waals surface area contributed by atoms with Gasteiger partial charge in [0.05, 0.1) is 6.54 Å². The molecule has 1 aromatic heterocycles. The van der Waals surface area contributed by atoms with Gasteiger partial charge in [0.2, 0.25) is 0 Å². The van der Waals surface area contributed by atoms with E-state index in [0.717, 1.165) is 25.5 Å². The van der Waals surface area contributed by atoms with E-state index in [1.807, 2.05) is 12.4 Å². The third-order valence-corrected chi connectivity index (χ3v) is 4.45. The Morgan fingerprint density at radius 2 is 2.10 bits per heavy atom. The quantitative estimate of drug-likeness (QED) is 0.862. The highest BCUT2D eigenvalue weighted by Crippen LogP contribution is 2.22. The molecule has 0 bridgehead atoms. The summed E-state index contributed by atoms with van der Waals surface area (Å²) in [5.41, 5.74) is 1.34. The number of hydrogen-bond acceptors (Lipinski definition) is 3. The predicted molar refractivity (Wildman–Crippen MR) is 86.4 cm³/mol. The number of likely N-dealkylation sites (N-methyl/N-ethyl adjacent to an activating group) is 1. The van der Waals surface area contributed by atoms with Gasteiger partial charge < -0.3 is 9.47 Å². The first kappa shape index (κ1) is 14.1. The number of rotatable bonds is 4. The van der Waals surface area contributed by atoms with Gasteiger partial charge in [-0.25, -0.2) is 4.98 Å². The molecular weight excluding hydrogens is 260 g/mol. The van der Waals surface area contributed by atoms with Crippen molar-refractivity contribution in [3.8, 4) is 0 Å². The first-order valence-electron chi connectivity index (χ1n) is 7.70. The number of imidazole rings is 1. The van der Waals surface area contributed by atoms with Crippen LogP contribution < -0.4 is 4.90 Å². The molecule has 0 N–H and O–H groups in total. The third-order valence-electron chi connectivity index (χ3n) is 4.45. The summed E-state index contributed by atoms with van der Waals surface area (Å²) in [7, 11) is 4.28. The van der Waals surface area contributed by atoms with Gasteiger partial charge in [0.25, 0.3) is 0 Å². The molecule has 0 saturated carbocycles. The van der Waals surface area contributed by atoms with Gasteiger partial charge in [0.1, 0.15) is 5.82 Å². The van der Waals surface area contributed by atoms with E-state index in [4.69, 9.17) is 0 Å². The third kappa shape index (κ3) is 3.27. The van der Waals surface area contributed by atoms with Crippen LogP contribution in [0.3, 0.4) is 0 Å². The molecule has 1 saturated heterocycles. The zero-order valence-electron chi connectivity index (χ0n) is 12.9. The molecule has 0 spiro atoms. The molecule has 0 aliphatic carbocycles. The molecule has 4 nitrogen and oxygen atoms in total. The largest absolute Gasteiger partial charge is 0.370 e. The number of aryl methyl sites for hydroxylation is 1. The van der Waals surface area contributed by atoms with Crippen molar-refractivity contribution >= 4 is 5.69 Å². The maximum Gasteiger partial charge on any atom is 0.122 e. The van der Waals surface area contributed by atoms with Crippen LogP contribution in [0.15, 0.2) is 42.7 Å². The second-order valence-corrected chi connectivity index (χ2v) is 5.95. The number of nitrogens with zero attached hydrogens (tertiary/aromatic N) is 4. The Morgan fingerprint density at radius 3 is 2.81 bits per heavy atom. The maximum atomic E-state index is 4.44. The number of benzene rings is 1. The number of para-hydroxylation sites is 1. The molecule has 1 aliphatic heterocycles. The van der Waals surface area contributed by atoms with E-state index in [0.29, 0.717) is 6.04 Å². The van der Waals surface area contributed by atoms with Crippen molar-refractivity contribution in [2.75, 3.05) is 25.0 Å². The number of aromatic nitrogens is 2. The van der Waals surface area contributed by atoms with Crippen molar-refractivity contribution in [3.05, 3.63) is 48.5 Å². The molecule has 2 aromatic rings. The van der Waals surface area contributed by atoms with Gasteiger partial charge >= 0.3 is 0 Å². The fourth-order valence-corrected chi connectivity index (χ4v) is 3.09. The second-order valence-electron chi connectivity index (χ2n) is 5.95. The Hall–Kier alpha value is -1.81. The topological polar surface area (TPSA) is 24.3 Å². The van der Waals surface area contributed by atoms with Gasteiger partial charge in [-0.1, -0.05) is 18.2 Å². The molecule has 1 aromatic carbocycles. The van der Waals surface area contributed by atoms with E-state index in [2.05, 4.69) is 63.8 Å². The SMILES string of the molecule is CN(Cc1nccn1C)[C@@H]1CCCN(c2ccccc2)C1. The molecule has 4 heteroatoms. The highest BCUT2D eigenvalue weighted by Gasteiger charge is 2.24. The monoisotopic (exact) mass is 284 g/mol. The van der Waals surface area contributed by atoms with E-state index in [9.17, 15) is 0 Å². The van der Waals surface area contributed by atoms with E-state index in [1.165, 1.54) is 18.5 Å². The van der Waals surface area contributed by atoms with Crippen molar-refractivity contribution in [1.82, 2.24) is 14.5 Å². The average Bonchev–Trinajstić information content (AvgIpc) is 2.93. The number of piperidine rings is 1. The summed E-state index contributed by atoms with van der Waals surface area (Å²) < 4.78 is 2.11. The van der Waals surface area contributed by atoms with Crippen LogP contribution in [0.2, 0.25) is 0 Å². The van der Waals surface area contributed by atoms with Crippen LogP contribution in [-0.4, -0.2) is 40.6 Å². The number of anilines is 1. The summed E-state index contributed by atoms with van der Waals surface area (Å²) in [6.07, 6.45) is 6.41. The van der Waals surface area contributed by atoms with Crippen LogP contribution in [0.1, 0.15) is 18.7 Å². The minimum absolute atomic E-state index is 0.593. The Morgan fingerprint density at radius 1 is 1.29 bits per heavy atom. The van der Waals surface area contributed by atoms with Crippen LogP contribution in [0.5, 0.6) is 0 Å². The average molecular weight is 284 g/mol. The van der Waals surface area contributed by atoms with Gasteiger partial charge in [-0.15, -0.1) is 0 Å². The molecule has 2 heterocycles.